The van der Waals surface area contributed by atoms with Gasteiger partial charge in [-0.05, 0) is 44.2 Å². The minimum Gasteiger partial charge on any atom is -0.483 e. The van der Waals surface area contributed by atoms with Crippen LogP contribution < -0.4 is 15.8 Å². The van der Waals surface area contributed by atoms with Gasteiger partial charge >= 0.3 is 6.18 Å². The first kappa shape index (κ1) is 23.5. The minimum atomic E-state index is -4.48. The Bertz CT molecular complexity index is 1010. The maximum Gasteiger partial charge on any atom is 0.422 e. The van der Waals surface area contributed by atoms with E-state index in [1.807, 2.05) is 13.8 Å². The maximum atomic E-state index is 14.6. The minimum absolute atomic E-state index is 0.0542. The van der Waals surface area contributed by atoms with Gasteiger partial charge in [-0.15, -0.1) is 0 Å². The molecule has 3 rings (SSSR count). The highest BCUT2D eigenvalue weighted by molar-refractivity contribution is 6.02. The first-order chi connectivity index (χ1) is 14.9. The summed E-state index contributed by atoms with van der Waals surface area (Å²) in [4.78, 5) is 20.6. The predicted molar refractivity (Wildman–Crippen MR) is 109 cm³/mol. The third kappa shape index (κ3) is 6.39. The third-order valence-electron chi connectivity index (χ3n) is 4.60. The average Bonchev–Trinajstić information content (AvgIpc) is 2.85. The molecular weight excluding hydrogens is 432 g/mol. The van der Waals surface area contributed by atoms with Gasteiger partial charge in [0, 0.05) is 17.7 Å². The molecular formula is C21H22F4N4O3. The number of halogens is 4. The van der Waals surface area contributed by atoms with Crippen LogP contribution in [0.1, 0.15) is 42.4 Å². The first-order valence-electron chi connectivity index (χ1n) is 9.64. The number of nitrogens with zero attached hydrogens (tertiary/aromatic N) is 2. The van der Waals surface area contributed by atoms with Crippen molar-refractivity contribution >= 4 is 17.4 Å². The fourth-order valence-electron chi connectivity index (χ4n) is 3.09. The number of anilines is 1. The van der Waals surface area contributed by atoms with Crippen molar-refractivity contribution in [2.75, 3.05) is 18.5 Å². The van der Waals surface area contributed by atoms with E-state index in [1.54, 1.807) is 0 Å². The molecule has 1 amide bonds. The van der Waals surface area contributed by atoms with Crippen LogP contribution in [0.25, 0.3) is 0 Å². The van der Waals surface area contributed by atoms with E-state index < -0.39 is 36.2 Å². The van der Waals surface area contributed by atoms with Crippen LogP contribution in [0.5, 0.6) is 5.75 Å². The maximum absolute atomic E-state index is 14.6. The highest BCUT2D eigenvalue weighted by Crippen LogP contribution is 2.34. The van der Waals surface area contributed by atoms with Crippen LogP contribution >= 0.6 is 0 Å². The molecule has 1 aromatic heterocycles. The average molecular weight is 454 g/mol. The molecule has 1 unspecified atom stereocenters. The molecule has 0 radical (unpaired) electrons. The number of pyridine rings is 1. The molecule has 1 atom stereocenters. The Hall–Kier alpha value is -3.21. The summed E-state index contributed by atoms with van der Waals surface area (Å²) >= 11 is 0. The summed E-state index contributed by atoms with van der Waals surface area (Å²) in [5.41, 5.74) is 5.74. The lowest BCUT2D eigenvalue weighted by Gasteiger charge is -2.25. The number of hydrogen-bond acceptors (Lipinski definition) is 6. The molecule has 2 aromatic rings. The largest absolute Gasteiger partial charge is 0.483 e. The van der Waals surface area contributed by atoms with E-state index in [-0.39, 0.29) is 29.4 Å². The molecule has 1 aliphatic rings. The lowest BCUT2D eigenvalue weighted by molar-refractivity contribution is -0.153. The van der Waals surface area contributed by atoms with E-state index in [9.17, 15) is 22.4 Å². The van der Waals surface area contributed by atoms with Crippen molar-refractivity contribution in [1.29, 1.82) is 0 Å². The molecule has 0 fully saturated rings. The molecule has 0 aliphatic carbocycles. The number of nitrogens with one attached hydrogen (secondary N) is 1. The number of amides is 1. The zero-order valence-corrected chi connectivity index (χ0v) is 17.4. The van der Waals surface area contributed by atoms with Gasteiger partial charge in [0.05, 0.1) is 17.8 Å². The second-order valence-electron chi connectivity index (χ2n) is 7.86. The van der Waals surface area contributed by atoms with Crippen LogP contribution in [0.4, 0.5) is 23.2 Å². The zero-order valence-electron chi connectivity index (χ0n) is 17.4. The lowest BCUT2D eigenvalue weighted by atomic mass is 9.93. The Balaban J connectivity index is 1.74. The summed E-state index contributed by atoms with van der Waals surface area (Å²) in [6, 6.07) is 5.86. The van der Waals surface area contributed by atoms with Gasteiger partial charge in [-0.1, -0.05) is 0 Å². The highest BCUT2D eigenvalue weighted by Gasteiger charge is 2.30. The van der Waals surface area contributed by atoms with E-state index in [0.717, 1.165) is 6.20 Å². The SMILES string of the molecule is CC1(C)CC(c2cc(NC(=O)c3ccc(OCC(F)(F)F)cn3)ccc2F)N=C(N)CO1. The number of aromatic nitrogens is 1. The molecule has 7 nitrogen and oxygen atoms in total. The van der Waals surface area contributed by atoms with Gasteiger partial charge in [-0.2, -0.15) is 13.2 Å². The van der Waals surface area contributed by atoms with Gasteiger partial charge in [-0.25, -0.2) is 9.37 Å². The van der Waals surface area contributed by atoms with Gasteiger partial charge in [0.25, 0.3) is 5.91 Å². The lowest BCUT2D eigenvalue weighted by Crippen LogP contribution is -2.28. The number of amidine groups is 1. The highest BCUT2D eigenvalue weighted by atomic mass is 19.4. The molecule has 3 N–H and O–H groups in total. The van der Waals surface area contributed by atoms with E-state index in [2.05, 4.69) is 20.0 Å². The van der Waals surface area contributed by atoms with E-state index in [1.165, 1.54) is 30.3 Å². The number of nitrogens with two attached hydrogens (primary N) is 1. The van der Waals surface area contributed by atoms with Crippen LogP contribution in [-0.2, 0) is 4.74 Å². The van der Waals surface area contributed by atoms with Gasteiger partial charge < -0.3 is 20.5 Å². The third-order valence-corrected chi connectivity index (χ3v) is 4.60. The van der Waals surface area contributed by atoms with Crippen LogP contribution in [0.15, 0.2) is 41.5 Å². The Morgan fingerprint density at radius 3 is 2.72 bits per heavy atom. The molecule has 2 heterocycles. The van der Waals surface area contributed by atoms with E-state index in [0.29, 0.717) is 12.1 Å². The number of aliphatic imine (C=N–C) groups is 1. The first-order valence-corrected chi connectivity index (χ1v) is 9.64. The molecule has 0 saturated carbocycles. The van der Waals surface area contributed by atoms with Crippen molar-refractivity contribution in [2.45, 2.75) is 38.1 Å². The van der Waals surface area contributed by atoms with Gasteiger partial charge in [0.2, 0.25) is 0 Å². The standard InChI is InChI=1S/C21H22F4N4O3/c1-20(2)8-17(29-18(26)10-32-20)14-7-12(3-5-15(14)22)28-19(30)16-6-4-13(9-27-16)31-11-21(23,24)25/h3-7,9,17H,8,10-11H2,1-2H3,(H2,26,29)(H,28,30). The summed E-state index contributed by atoms with van der Waals surface area (Å²) in [5.74, 6) is -1.02. The second kappa shape index (κ2) is 9.11. The number of ether oxygens (including phenoxy) is 2. The van der Waals surface area contributed by atoms with Crippen LogP contribution in [-0.4, -0.2) is 41.7 Å². The normalized spacial score (nSPS) is 18.4. The van der Waals surface area contributed by atoms with Crippen LogP contribution in [0.2, 0.25) is 0 Å². The van der Waals surface area contributed by atoms with Crippen molar-refractivity contribution in [2.24, 2.45) is 10.7 Å². The summed E-state index contributed by atoms with van der Waals surface area (Å²) < 4.78 is 61.4. The number of rotatable bonds is 5. The van der Waals surface area contributed by atoms with E-state index in [4.69, 9.17) is 10.5 Å². The smallest absolute Gasteiger partial charge is 0.422 e. The predicted octanol–water partition coefficient (Wildman–Crippen LogP) is 4.01. The van der Waals surface area contributed by atoms with Crippen molar-refractivity contribution in [3.05, 3.63) is 53.6 Å². The van der Waals surface area contributed by atoms with Crippen molar-refractivity contribution in [3.8, 4) is 5.75 Å². The zero-order chi connectivity index (χ0) is 23.5. The molecule has 32 heavy (non-hydrogen) atoms. The number of carbonyl (C=O) groups is 1. The topological polar surface area (TPSA) is 98.8 Å². The summed E-state index contributed by atoms with van der Waals surface area (Å²) in [7, 11) is 0. The fraction of sp³-hybridized carbons (Fsp3) is 0.381. The molecule has 0 saturated heterocycles. The number of benzene rings is 1. The van der Waals surface area contributed by atoms with E-state index >= 15 is 0 Å². The fourth-order valence-corrected chi connectivity index (χ4v) is 3.09. The van der Waals surface area contributed by atoms with Crippen LogP contribution in [0, 0.1) is 5.82 Å². The Morgan fingerprint density at radius 2 is 2.06 bits per heavy atom. The van der Waals surface area contributed by atoms with Crippen molar-refractivity contribution < 1.29 is 31.8 Å². The van der Waals surface area contributed by atoms with Crippen LogP contribution in [0.3, 0.4) is 0 Å². The molecule has 0 bridgehead atoms. The summed E-state index contributed by atoms with van der Waals surface area (Å²) in [6.45, 7) is 2.38. The molecule has 0 spiro atoms. The molecule has 1 aliphatic heterocycles. The molecule has 172 valence electrons. The van der Waals surface area contributed by atoms with Gasteiger partial charge in [0.1, 0.15) is 29.7 Å². The number of alkyl halides is 3. The van der Waals surface area contributed by atoms with Gasteiger partial charge in [-0.3, -0.25) is 9.79 Å². The molecule has 11 heteroatoms. The van der Waals surface area contributed by atoms with Crippen molar-refractivity contribution in [1.82, 2.24) is 4.98 Å². The molecule has 1 aromatic carbocycles. The quantitative estimate of drug-likeness (QED) is 0.666. The number of carbonyl (C=O) groups excluding carboxylic acids is 1. The Morgan fingerprint density at radius 1 is 1.31 bits per heavy atom. The van der Waals surface area contributed by atoms with Gasteiger partial charge in [0.15, 0.2) is 6.61 Å². The Kier molecular flexibility index (Phi) is 6.68. The summed E-state index contributed by atoms with van der Waals surface area (Å²) in [6.07, 6.45) is -3.09. The second-order valence-corrected chi connectivity index (χ2v) is 7.86. The number of hydrogen-bond donors (Lipinski definition) is 2. The summed E-state index contributed by atoms with van der Waals surface area (Å²) in [5, 5.41) is 2.59. The Labute approximate surface area is 181 Å². The monoisotopic (exact) mass is 454 g/mol. The van der Waals surface area contributed by atoms with Crippen molar-refractivity contribution in [3.63, 3.8) is 0 Å².